The Bertz CT molecular complexity index is 279. The Morgan fingerprint density at radius 1 is 1.23 bits per heavy atom. The van der Waals surface area contributed by atoms with Gasteiger partial charge in [0.05, 0.1) is 0 Å². The van der Waals surface area contributed by atoms with Gasteiger partial charge in [-0.15, -0.1) is 28.7 Å². The van der Waals surface area contributed by atoms with Crippen LogP contribution in [0.25, 0.3) is 0 Å². The van der Waals surface area contributed by atoms with Crippen molar-refractivity contribution in [1.82, 2.24) is 0 Å². The zero-order valence-corrected chi connectivity index (χ0v) is 9.80. The summed E-state index contributed by atoms with van der Waals surface area (Å²) in [6.45, 7) is 3.89. The first kappa shape index (κ1) is 9.69. The average molecular weight is 231 g/mol. The molecule has 1 saturated carbocycles. The van der Waals surface area contributed by atoms with Crippen LogP contribution in [0.5, 0.6) is 0 Å². The van der Waals surface area contributed by atoms with E-state index in [9.17, 15) is 0 Å². The fraction of sp³-hybridized carbons (Fsp3) is 0.500. The van der Waals surface area contributed by atoms with Crippen molar-refractivity contribution in [2.75, 3.05) is 0 Å². The van der Waals surface area contributed by atoms with Crippen LogP contribution >= 0.6 is 22.2 Å². The van der Waals surface area contributed by atoms with E-state index in [1.54, 1.807) is 0 Å². The molecule has 0 N–H and O–H groups in total. The van der Waals surface area contributed by atoms with Gasteiger partial charge in [0.25, 0.3) is 0 Å². The van der Waals surface area contributed by atoms with Crippen LogP contribution in [0, 0.1) is 23.7 Å². The number of allylic oxidation sites excluding steroid dienone is 3. The number of hydrogen-bond acceptors (Lipinski definition) is 0. The minimum Gasteiger partial charge on any atom is -0.118 e. The molecule has 2 aliphatic rings. The number of rotatable bonds is 2. The first-order chi connectivity index (χ1) is 6.22. The largest absolute Gasteiger partial charge is 0.228 e. The van der Waals surface area contributed by atoms with Crippen molar-refractivity contribution < 1.29 is 0 Å². The van der Waals surface area contributed by atoms with E-state index < -0.39 is 7.03 Å². The second-order valence-electron chi connectivity index (χ2n) is 3.80. The molecule has 4 atom stereocenters. The van der Waals surface area contributed by atoms with Gasteiger partial charge in [0.15, 0.2) is 0 Å². The molecule has 0 aliphatic heterocycles. The number of halogens is 2. The fourth-order valence-corrected chi connectivity index (χ4v) is 4.24. The van der Waals surface area contributed by atoms with E-state index in [4.69, 9.17) is 22.2 Å². The second-order valence-corrected chi connectivity index (χ2v) is 7.73. The summed E-state index contributed by atoms with van der Waals surface area (Å²) in [6.07, 6.45) is 7.95. The lowest BCUT2D eigenvalue weighted by atomic mass is 9.85. The van der Waals surface area contributed by atoms with Crippen LogP contribution in [0.15, 0.2) is 24.8 Å². The Labute approximate surface area is 89.9 Å². The molecule has 13 heavy (non-hydrogen) atoms. The molecule has 0 spiro atoms. The Balaban J connectivity index is 2.23. The summed E-state index contributed by atoms with van der Waals surface area (Å²) in [5, 5.41) is 0. The van der Waals surface area contributed by atoms with Crippen molar-refractivity contribution in [3.8, 4) is 0 Å². The smallest absolute Gasteiger partial charge is 0.118 e. The molecule has 2 aliphatic carbocycles. The van der Waals surface area contributed by atoms with E-state index in [-0.39, 0.29) is 0 Å². The molecule has 0 radical (unpaired) electrons. The Morgan fingerprint density at radius 3 is 2.38 bits per heavy atom. The number of fused-ring (bicyclic) bond motifs is 2. The predicted octanol–water partition coefficient (Wildman–Crippen LogP) is 2.96. The molecule has 0 nitrogen and oxygen atoms in total. The lowest BCUT2D eigenvalue weighted by molar-refractivity contribution is 0.485. The Hall–Kier alpha value is 0.147. The summed E-state index contributed by atoms with van der Waals surface area (Å²) in [5.74, 6) is 2.49. The topological polar surface area (TPSA) is 0 Å². The van der Waals surface area contributed by atoms with Crippen LogP contribution < -0.4 is 0 Å². The molecule has 2 rings (SSSR count). The number of hydrogen-bond donors (Lipinski definition) is 0. The third kappa shape index (κ3) is 1.70. The fourth-order valence-electron chi connectivity index (χ4n) is 2.61. The summed E-state index contributed by atoms with van der Waals surface area (Å²) >= 11 is 11.7. The Morgan fingerprint density at radius 2 is 1.85 bits per heavy atom. The van der Waals surface area contributed by atoms with Crippen LogP contribution in [-0.4, -0.2) is 12.7 Å². The monoisotopic (exact) mass is 230 g/mol. The van der Waals surface area contributed by atoms with Gasteiger partial charge < -0.3 is 0 Å². The second kappa shape index (κ2) is 3.72. The van der Waals surface area contributed by atoms with Crippen molar-refractivity contribution in [3.05, 3.63) is 24.8 Å². The summed E-state index contributed by atoms with van der Waals surface area (Å²) < 4.78 is 0. The van der Waals surface area contributed by atoms with Gasteiger partial charge in [-0.25, -0.2) is 0 Å². The van der Waals surface area contributed by atoms with Gasteiger partial charge in [-0.2, -0.15) is 0 Å². The molecule has 70 valence electrons. The normalized spacial score (nSPS) is 40.8. The van der Waals surface area contributed by atoms with Gasteiger partial charge in [-0.3, -0.25) is 0 Å². The van der Waals surface area contributed by atoms with Crippen LogP contribution in [-0.2, 0) is 0 Å². The average Bonchev–Trinajstić information content (AvgIpc) is 2.62. The first-order valence-corrected chi connectivity index (χ1v) is 8.16. The highest BCUT2D eigenvalue weighted by atomic mass is 35.7. The van der Waals surface area contributed by atoms with Gasteiger partial charge >= 0.3 is 0 Å². The SMILES string of the molecule is C=CC1C2C=CC(C2)C1C=[Si](Cl)Cl. The quantitative estimate of drug-likeness (QED) is 0.389. The standard InChI is InChI=1S/C10H12Cl2Si/c1-2-9-7-3-4-8(5-7)10(9)6-13(11)12/h2-4,6-10H,1,5H2. The maximum absolute atomic E-state index is 5.87. The first-order valence-electron chi connectivity index (χ1n) is 4.56. The van der Waals surface area contributed by atoms with Crippen molar-refractivity contribution in [2.24, 2.45) is 23.7 Å². The van der Waals surface area contributed by atoms with Crippen molar-refractivity contribution in [1.29, 1.82) is 0 Å². The lowest BCUT2D eigenvalue weighted by Gasteiger charge is -2.22. The van der Waals surface area contributed by atoms with Crippen LogP contribution in [0.1, 0.15) is 6.42 Å². The van der Waals surface area contributed by atoms with Crippen molar-refractivity contribution in [2.45, 2.75) is 6.42 Å². The molecule has 0 aromatic carbocycles. The molecular weight excluding hydrogens is 219 g/mol. The minimum atomic E-state index is -1.24. The van der Waals surface area contributed by atoms with Crippen LogP contribution in [0.2, 0.25) is 0 Å². The molecule has 3 heteroatoms. The third-order valence-electron chi connectivity index (χ3n) is 3.17. The highest BCUT2D eigenvalue weighted by Gasteiger charge is 2.41. The van der Waals surface area contributed by atoms with Gasteiger partial charge in [0, 0.05) is 0 Å². The summed E-state index contributed by atoms with van der Waals surface area (Å²) in [4.78, 5) is 0. The molecule has 0 aromatic heterocycles. The highest BCUT2D eigenvalue weighted by Crippen LogP contribution is 2.47. The van der Waals surface area contributed by atoms with E-state index >= 15 is 0 Å². The summed E-state index contributed by atoms with van der Waals surface area (Å²) in [5.41, 5.74) is 2.15. The molecule has 0 heterocycles. The third-order valence-corrected chi connectivity index (χ3v) is 4.57. The van der Waals surface area contributed by atoms with Gasteiger partial charge in [-0.1, -0.05) is 23.9 Å². The maximum atomic E-state index is 5.87. The van der Waals surface area contributed by atoms with E-state index in [0.29, 0.717) is 23.7 Å². The lowest BCUT2D eigenvalue weighted by Crippen LogP contribution is -2.20. The molecule has 0 aromatic rings. The van der Waals surface area contributed by atoms with E-state index in [1.165, 1.54) is 6.42 Å². The summed E-state index contributed by atoms with van der Waals surface area (Å²) in [6, 6.07) is 0. The van der Waals surface area contributed by atoms with E-state index in [2.05, 4.69) is 30.5 Å². The van der Waals surface area contributed by atoms with Gasteiger partial charge in [0.1, 0.15) is 0 Å². The van der Waals surface area contributed by atoms with Crippen molar-refractivity contribution in [3.63, 3.8) is 0 Å². The zero-order valence-electron chi connectivity index (χ0n) is 7.29. The van der Waals surface area contributed by atoms with Gasteiger partial charge in [-0.05, 0) is 30.1 Å². The van der Waals surface area contributed by atoms with Gasteiger partial charge in [0.2, 0.25) is 7.03 Å². The maximum Gasteiger partial charge on any atom is 0.228 e. The van der Waals surface area contributed by atoms with Crippen LogP contribution in [0.3, 0.4) is 0 Å². The molecule has 1 fully saturated rings. The predicted molar refractivity (Wildman–Crippen MR) is 61.4 cm³/mol. The van der Waals surface area contributed by atoms with Crippen LogP contribution in [0.4, 0.5) is 0 Å². The molecule has 0 saturated heterocycles. The molecular formula is C10H12Cl2Si. The van der Waals surface area contributed by atoms with E-state index in [1.807, 2.05) is 0 Å². The molecule has 4 unspecified atom stereocenters. The molecule has 0 amide bonds. The Kier molecular flexibility index (Phi) is 2.77. The molecule has 2 bridgehead atoms. The highest BCUT2D eigenvalue weighted by molar-refractivity contribution is 7.34. The van der Waals surface area contributed by atoms with E-state index in [0.717, 1.165) is 0 Å². The zero-order chi connectivity index (χ0) is 9.42. The van der Waals surface area contributed by atoms with Crippen molar-refractivity contribution >= 4 is 34.9 Å². The minimum absolute atomic E-state index is 0.552. The summed E-state index contributed by atoms with van der Waals surface area (Å²) in [7, 11) is -1.24.